The molecule has 194 valence electrons. The highest BCUT2D eigenvalue weighted by Crippen LogP contribution is 2.44. The number of amidine groups is 1. The molecule has 36 heavy (non-hydrogen) atoms. The number of amides is 1. The largest absolute Gasteiger partial charge is 0.376 e. The zero-order chi connectivity index (χ0) is 26.3. The van der Waals surface area contributed by atoms with E-state index in [2.05, 4.69) is 32.8 Å². The summed E-state index contributed by atoms with van der Waals surface area (Å²) in [6.07, 6.45) is 4.01. The van der Waals surface area contributed by atoms with E-state index in [1.807, 2.05) is 6.92 Å². The molecule has 1 amide bonds. The first-order chi connectivity index (χ1) is 17.0. The number of aliphatic imine (C=N–C) groups is 1. The van der Waals surface area contributed by atoms with E-state index in [0.717, 1.165) is 12.8 Å². The second-order valence-corrected chi connectivity index (χ2v) is 9.44. The summed E-state index contributed by atoms with van der Waals surface area (Å²) in [6, 6.07) is 2.47. The summed E-state index contributed by atoms with van der Waals surface area (Å²) in [6.45, 7) is 7.15. The highest BCUT2D eigenvalue weighted by atomic mass is 19.3. The first kappa shape index (κ1) is 25.5. The molecule has 0 aromatic carbocycles. The van der Waals surface area contributed by atoms with Gasteiger partial charge in [-0.2, -0.15) is 10.1 Å². The fourth-order valence-corrected chi connectivity index (χ4v) is 4.52. The minimum atomic E-state index is -2.75. The van der Waals surface area contributed by atoms with Crippen LogP contribution in [0.15, 0.2) is 56.5 Å². The van der Waals surface area contributed by atoms with Gasteiger partial charge in [-0.25, -0.2) is 13.8 Å². The van der Waals surface area contributed by atoms with Gasteiger partial charge in [0.15, 0.2) is 5.82 Å². The number of pyridine rings is 1. The molecule has 2 saturated carbocycles. The number of aromatic nitrogens is 1. The minimum Gasteiger partial charge on any atom is -0.376 e. The molecule has 3 aliphatic rings. The minimum absolute atomic E-state index is 0.137. The predicted octanol–water partition coefficient (Wildman–Crippen LogP) is 2.54. The van der Waals surface area contributed by atoms with Gasteiger partial charge >= 0.3 is 0 Å². The van der Waals surface area contributed by atoms with Crippen molar-refractivity contribution in [3.8, 4) is 0 Å². The molecule has 2 heterocycles. The molecular weight excluding hydrogens is 472 g/mol. The fourth-order valence-electron chi connectivity index (χ4n) is 4.52. The second-order valence-electron chi connectivity index (χ2n) is 9.44. The molecule has 3 N–H and O–H groups in total. The maximum Gasteiger partial charge on any atom is 0.274 e. The maximum atomic E-state index is 13.4. The lowest BCUT2D eigenvalue weighted by molar-refractivity contribution is -0.127. The Balaban J connectivity index is 1.62. The Kier molecular flexibility index (Phi) is 6.74. The van der Waals surface area contributed by atoms with Gasteiger partial charge in [0.2, 0.25) is 0 Å². The van der Waals surface area contributed by atoms with E-state index in [1.165, 1.54) is 15.8 Å². The SMILES string of the molecule is C=NN1C(NC)=CC(Nc2cccn(C3CC(F)(F)C3)c2=O)=N/C1=C(/C)C(=O)N[C@@H]1CC[C@@]1(C)OC. The van der Waals surface area contributed by atoms with Crippen LogP contribution in [0.5, 0.6) is 0 Å². The van der Waals surface area contributed by atoms with Crippen LogP contribution in [0.3, 0.4) is 0 Å². The standard InChI is InChI=1S/C24H31F2N7O3/c1-14(21(34)30-17-8-9-23(17,2)36-5)20-31-18(11-19(27-3)33(20)28-4)29-16-7-6-10-32(22(16)35)15-12-24(25,26)13-15/h6-7,10-11,15,17,27H,4,8-9,12-13H2,1-3,5H3,(H,29,31)(H,30,34)/b20-14+/t17-,23-/m1/s1. The average Bonchev–Trinajstić information content (AvgIpc) is 2.84. The monoisotopic (exact) mass is 503 g/mol. The number of nitrogens with one attached hydrogen (secondary N) is 3. The van der Waals surface area contributed by atoms with Crippen molar-refractivity contribution in [3.63, 3.8) is 0 Å². The second kappa shape index (κ2) is 9.49. The molecule has 0 unspecified atom stereocenters. The molecule has 0 saturated heterocycles. The highest BCUT2D eigenvalue weighted by Gasteiger charge is 2.46. The van der Waals surface area contributed by atoms with Gasteiger partial charge in [-0.1, -0.05) is 0 Å². The van der Waals surface area contributed by atoms with Crippen LogP contribution < -0.4 is 21.5 Å². The van der Waals surface area contributed by atoms with Crippen LogP contribution in [0.2, 0.25) is 0 Å². The van der Waals surface area contributed by atoms with Gasteiger partial charge in [0, 0.05) is 52.0 Å². The van der Waals surface area contributed by atoms with E-state index in [9.17, 15) is 18.4 Å². The molecular formula is C24H31F2N7O3. The van der Waals surface area contributed by atoms with Gasteiger partial charge in [-0.15, -0.1) is 0 Å². The number of methoxy groups -OCH3 is 1. The summed E-state index contributed by atoms with van der Waals surface area (Å²) >= 11 is 0. The first-order valence-corrected chi connectivity index (χ1v) is 11.7. The number of halogens is 2. The van der Waals surface area contributed by atoms with Crippen molar-refractivity contribution < 1.29 is 18.3 Å². The lowest BCUT2D eigenvalue weighted by Gasteiger charge is -2.46. The molecule has 4 rings (SSSR count). The van der Waals surface area contributed by atoms with Crippen molar-refractivity contribution >= 4 is 24.1 Å². The number of hydrogen-bond acceptors (Lipinski definition) is 8. The van der Waals surface area contributed by atoms with E-state index in [4.69, 9.17) is 4.74 Å². The maximum absolute atomic E-state index is 13.4. The van der Waals surface area contributed by atoms with Crippen molar-refractivity contribution in [2.75, 3.05) is 19.5 Å². The van der Waals surface area contributed by atoms with E-state index < -0.39 is 23.1 Å². The lowest BCUT2D eigenvalue weighted by Crippen LogP contribution is -2.59. The number of ether oxygens (including phenoxy) is 1. The Bertz CT molecular complexity index is 1210. The number of hydrazone groups is 1. The quantitative estimate of drug-likeness (QED) is 0.390. The molecule has 10 nitrogen and oxygen atoms in total. The molecule has 2 fully saturated rings. The average molecular weight is 504 g/mol. The van der Waals surface area contributed by atoms with Crippen molar-refractivity contribution in [2.24, 2.45) is 10.1 Å². The Morgan fingerprint density at radius 2 is 2.08 bits per heavy atom. The molecule has 0 radical (unpaired) electrons. The molecule has 0 spiro atoms. The summed E-state index contributed by atoms with van der Waals surface area (Å²) in [4.78, 5) is 30.6. The number of hydrogen-bond donors (Lipinski definition) is 3. The zero-order valence-corrected chi connectivity index (χ0v) is 20.8. The van der Waals surface area contributed by atoms with Gasteiger partial charge in [0.05, 0.1) is 17.2 Å². The molecule has 1 aromatic rings. The number of rotatable bonds is 7. The Morgan fingerprint density at radius 1 is 1.36 bits per heavy atom. The van der Waals surface area contributed by atoms with Gasteiger partial charge in [0.1, 0.15) is 17.3 Å². The fraction of sp³-hybridized carbons (Fsp3) is 0.500. The van der Waals surface area contributed by atoms with Gasteiger partial charge in [0.25, 0.3) is 17.4 Å². The Labute approximate surface area is 207 Å². The molecule has 2 aliphatic carbocycles. The normalized spacial score (nSPS) is 26.6. The molecule has 2 atom stereocenters. The van der Waals surface area contributed by atoms with Crippen LogP contribution in [0.4, 0.5) is 14.5 Å². The van der Waals surface area contributed by atoms with Gasteiger partial charge in [-0.3, -0.25) is 9.59 Å². The number of carbonyl (C=O) groups excluding carboxylic acids is 1. The van der Waals surface area contributed by atoms with Crippen LogP contribution >= 0.6 is 0 Å². The molecule has 12 heteroatoms. The molecule has 0 bridgehead atoms. The summed E-state index contributed by atoms with van der Waals surface area (Å²) in [7, 11) is 3.29. The Hall–Kier alpha value is -3.54. The van der Waals surface area contributed by atoms with Crippen LogP contribution in [0.25, 0.3) is 0 Å². The number of carbonyl (C=O) groups is 1. The van der Waals surface area contributed by atoms with E-state index in [1.54, 1.807) is 39.3 Å². The number of alkyl halides is 2. The first-order valence-electron chi connectivity index (χ1n) is 11.7. The van der Waals surface area contributed by atoms with E-state index in [0.29, 0.717) is 5.82 Å². The van der Waals surface area contributed by atoms with Crippen molar-refractivity contribution in [2.45, 2.75) is 63.1 Å². The van der Waals surface area contributed by atoms with Gasteiger partial charge in [-0.05, 0) is 38.8 Å². The van der Waals surface area contributed by atoms with Crippen LogP contribution in [-0.4, -0.2) is 59.8 Å². The third kappa shape index (κ3) is 4.64. The third-order valence-electron chi connectivity index (χ3n) is 7.14. The lowest BCUT2D eigenvalue weighted by atomic mass is 9.76. The van der Waals surface area contributed by atoms with Gasteiger partial charge < -0.3 is 25.3 Å². The van der Waals surface area contributed by atoms with E-state index >= 15 is 0 Å². The van der Waals surface area contributed by atoms with E-state index in [-0.39, 0.29) is 47.7 Å². The third-order valence-corrected chi connectivity index (χ3v) is 7.14. The topological polar surface area (TPSA) is 112 Å². The summed E-state index contributed by atoms with van der Waals surface area (Å²) in [5.41, 5.74) is -0.402. The Morgan fingerprint density at radius 3 is 2.64 bits per heavy atom. The summed E-state index contributed by atoms with van der Waals surface area (Å²) in [5.74, 6) is -2.14. The van der Waals surface area contributed by atoms with Crippen LogP contribution in [0.1, 0.15) is 45.6 Å². The predicted molar refractivity (Wildman–Crippen MR) is 133 cm³/mol. The smallest absolute Gasteiger partial charge is 0.274 e. The van der Waals surface area contributed by atoms with Crippen LogP contribution in [0, 0.1) is 0 Å². The highest BCUT2D eigenvalue weighted by molar-refractivity contribution is 6.06. The van der Waals surface area contributed by atoms with Crippen LogP contribution in [-0.2, 0) is 9.53 Å². The molecule has 1 aromatic heterocycles. The summed E-state index contributed by atoms with van der Waals surface area (Å²) < 4.78 is 33.6. The number of anilines is 1. The summed E-state index contributed by atoms with van der Waals surface area (Å²) in [5, 5.41) is 14.3. The van der Waals surface area contributed by atoms with Crippen molar-refractivity contribution in [1.82, 2.24) is 20.2 Å². The molecule has 1 aliphatic heterocycles. The number of nitrogens with zero attached hydrogens (tertiary/aromatic N) is 4. The van der Waals surface area contributed by atoms with Crippen molar-refractivity contribution in [3.05, 3.63) is 52.0 Å². The van der Waals surface area contributed by atoms with Crippen molar-refractivity contribution in [1.29, 1.82) is 0 Å². The zero-order valence-electron chi connectivity index (χ0n) is 20.8.